The van der Waals surface area contributed by atoms with Gasteiger partial charge in [0.25, 0.3) is 5.69 Å². The fraction of sp³-hybridized carbons (Fsp3) is 0.600. The van der Waals surface area contributed by atoms with Gasteiger partial charge in [-0.3, -0.25) is 10.1 Å². The van der Waals surface area contributed by atoms with E-state index in [1.165, 1.54) is 38.5 Å². The largest absolute Gasteiger partial charge is 0.393 e. The summed E-state index contributed by atoms with van der Waals surface area (Å²) >= 11 is 0. The molecule has 2 N–H and O–H groups in total. The fourth-order valence-electron chi connectivity index (χ4n) is 2.19. The molecule has 0 unspecified atom stereocenters. The molecule has 0 aromatic heterocycles. The molecule has 0 aliphatic rings. The number of nitro benzene ring substituents is 1. The van der Waals surface area contributed by atoms with Crippen LogP contribution in [0.15, 0.2) is 18.2 Å². The molecule has 19 heavy (non-hydrogen) atoms. The number of unbranched alkanes of at least 4 members (excludes halogenated alkanes) is 6. The molecule has 4 heteroatoms. The smallest absolute Gasteiger partial charge is 0.292 e. The van der Waals surface area contributed by atoms with Crippen LogP contribution in [0.4, 0.5) is 11.4 Å². The highest BCUT2D eigenvalue weighted by molar-refractivity contribution is 5.59. The molecule has 4 nitrogen and oxygen atoms in total. The lowest BCUT2D eigenvalue weighted by Crippen LogP contribution is -1.97. The van der Waals surface area contributed by atoms with Crippen LogP contribution in [-0.4, -0.2) is 4.92 Å². The Bertz CT molecular complexity index is 405. The third-order valence-corrected chi connectivity index (χ3v) is 3.36. The maximum absolute atomic E-state index is 10.8. The summed E-state index contributed by atoms with van der Waals surface area (Å²) in [7, 11) is 0. The predicted molar refractivity (Wildman–Crippen MR) is 79.2 cm³/mol. The summed E-state index contributed by atoms with van der Waals surface area (Å²) in [4.78, 5) is 10.4. The summed E-state index contributed by atoms with van der Waals surface area (Å²) in [5.41, 5.74) is 6.85. The van der Waals surface area contributed by atoms with Crippen molar-refractivity contribution in [3.8, 4) is 0 Å². The summed E-state index contributed by atoms with van der Waals surface area (Å²) in [5.74, 6) is 0. The summed E-state index contributed by atoms with van der Waals surface area (Å²) in [5, 5.41) is 10.8. The zero-order valence-corrected chi connectivity index (χ0v) is 11.7. The van der Waals surface area contributed by atoms with E-state index in [4.69, 9.17) is 5.73 Å². The number of nitrogens with zero attached hydrogens (tertiary/aromatic N) is 1. The molecule has 0 spiro atoms. The van der Waals surface area contributed by atoms with Crippen LogP contribution < -0.4 is 5.73 Å². The van der Waals surface area contributed by atoms with E-state index >= 15 is 0 Å². The number of nitrogen functional groups attached to an aromatic ring is 1. The third kappa shape index (κ3) is 5.73. The summed E-state index contributed by atoms with van der Waals surface area (Å²) in [6.07, 6.45) is 9.67. The lowest BCUT2D eigenvalue weighted by atomic mass is 10.0. The van der Waals surface area contributed by atoms with E-state index in [0.29, 0.717) is 0 Å². The van der Waals surface area contributed by atoms with E-state index < -0.39 is 4.92 Å². The molecule has 1 aromatic carbocycles. The lowest BCUT2D eigenvalue weighted by Gasteiger charge is -2.04. The number of hydrogen-bond donors (Lipinski definition) is 1. The number of rotatable bonds is 9. The van der Waals surface area contributed by atoms with E-state index in [9.17, 15) is 10.1 Å². The van der Waals surface area contributed by atoms with Crippen LogP contribution >= 0.6 is 0 Å². The summed E-state index contributed by atoms with van der Waals surface area (Å²) in [6.45, 7) is 2.22. The van der Waals surface area contributed by atoms with Gasteiger partial charge in [-0.15, -0.1) is 0 Å². The molecule has 0 aliphatic heterocycles. The van der Waals surface area contributed by atoms with Gasteiger partial charge in [-0.05, 0) is 24.5 Å². The molecule has 0 radical (unpaired) electrons. The second-order valence-corrected chi connectivity index (χ2v) is 5.02. The topological polar surface area (TPSA) is 69.2 Å². The van der Waals surface area contributed by atoms with E-state index in [1.54, 1.807) is 12.1 Å². The zero-order chi connectivity index (χ0) is 14.1. The SMILES string of the molecule is CCCCCCCCCc1ccc(N)c([N+](=O)[O-])c1. The Hall–Kier alpha value is -1.58. The maximum atomic E-state index is 10.8. The van der Waals surface area contributed by atoms with Gasteiger partial charge in [-0.1, -0.05) is 51.5 Å². The Morgan fingerprint density at radius 3 is 2.37 bits per heavy atom. The van der Waals surface area contributed by atoms with Crippen molar-refractivity contribution in [3.63, 3.8) is 0 Å². The van der Waals surface area contributed by atoms with Gasteiger partial charge in [0.2, 0.25) is 0 Å². The normalized spacial score (nSPS) is 10.6. The highest BCUT2D eigenvalue weighted by atomic mass is 16.6. The second-order valence-electron chi connectivity index (χ2n) is 5.02. The molecule has 0 amide bonds. The first kappa shape index (κ1) is 15.5. The van der Waals surface area contributed by atoms with Crippen LogP contribution in [-0.2, 0) is 6.42 Å². The molecule has 1 aromatic rings. The highest BCUT2D eigenvalue weighted by Crippen LogP contribution is 2.23. The first-order valence-corrected chi connectivity index (χ1v) is 7.18. The minimum absolute atomic E-state index is 0.0282. The number of benzene rings is 1. The Morgan fingerprint density at radius 1 is 1.11 bits per heavy atom. The van der Waals surface area contributed by atoms with Gasteiger partial charge in [0.1, 0.15) is 5.69 Å². The number of nitro groups is 1. The van der Waals surface area contributed by atoms with Gasteiger partial charge in [0.05, 0.1) is 4.92 Å². The number of aryl methyl sites for hydroxylation is 1. The van der Waals surface area contributed by atoms with Crippen molar-refractivity contribution in [2.75, 3.05) is 5.73 Å². The van der Waals surface area contributed by atoms with E-state index in [1.807, 2.05) is 6.07 Å². The minimum atomic E-state index is -0.413. The average Bonchev–Trinajstić information content (AvgIpc) is 2.39. The highest BCUT2D eigenvalue weighted by Gasteiger charge is 2.11. The third-order valence-electron chi connectivity index (χ3n) is 3.36. The van der Waals surface area contributed by atoms with Gasteiger partial charge >= 0.3 is 0 Å². The van der Waals surface area contributed by atoms with Gasteiger partial charge in [-0.25, -0.2) is 0 Å². The number of hydrogen-bond acceptors (Lipinski definition) is 3. The predicted octanol–water partition coefficient (Wildman–Crippen LogP) is 4.47. The van der Waals surface area contributed by atoms with Crippen LogP contribution in [0.25, 0.3) is 0 Å². The zero-order valence-electron chi connectivity index (χ0n) is 11.7. The molecule has 0 heterocycles. The molecular formula is C15H24N2O2. The number of anilines is 1. The molecule has 0 saturated carbocycles. The molecule has 0 fully saturated rings. The molecule has 0 atom stereocenters. The molecule has 0 saturated heterocycles. The van der Waals surface area contributed by atoms with Gasteiger partial charge in [0.15, 0.2) is 0 Å². The van der Waals surface area contributed by atoms with Gasteiger partial charge in [-0.2, -0.15) is 0 Å². The van der Waals surface area contributed by atoms with E-state index in [2.05, 4.69) is 6.92 Å². The van der Waals surface area contributed by atoms with E-state index in [-0.39, 0.29) is 11.4 Å². The Morgan fingerprint density at radius 2 is 1.74 bits per heavy atom. The minimum Gasteiger partial charge on any atom is -0.393 e. The van der Waals surface area contributed by atoms with Crippen molar-refractivity contribution in [2.24, 2.45) is 0 Å². The fourth-order valence-corrected chi connectivity index (χ4v) is 2.19. The average molecular weight is 264 g/mol. The van der Waals surface area contributed by atoms with Crippen LogP contribution in [0.5, 0.6) is 0 Å². The lowest BCUT2D eigenvalue weighted by molar-refractivity contribution is -0.384. The Labute approximate surface area is 115 Å². The van der Waals surface area contributed by atoms with Crippen molar-refractivity contribution in [3.05, 3.63) is 33.9 Å². The van der Waals surface area contributed by atoms with Crippen molar-refractivity contribution in [1.82, 2.24) is 0 Å². The Kier molecular flexibility index (Phi) is 6.93. The second kappa shape index (κ2) is 8.51. The number of nitrogens with two attached hydrogens (primary N) is 1. The van der Waals surface area contributed by atoms with Crippen LogP contribution in [0.2, 0.25) is 0 Å². The van der Waals surface area contributed by atoms with Crippen LogP contribution in [0.1, 0.15) is 57.4 Å². The van der Waals surface area contributed by atoms with Gasteiger partial charge < -0.3 is 5.73 Å². The first-order chi connectivity index (χ1) is 9.15. The molecule has 0 aliphatic carbocycles. The van der Waals surface area contributed by atoms with Crippen molar-refractivity contribution in [1.29, 1.82) is 0 Å². The molecular weight excluding hydrogens is 240 g/mol. The quantitative estimate of drug-likeness (QED) is 0.309. The maximum Gasteiger partial charge on any atom is 0.292 e. The first-order valence-electron chi connectivity index (χ1n) is 7.18. The van der Waals surface area contributed by atoms with E-state index in [0.717, 1.165) is 18.4 Å². The molecule has 106 valence electrons. The van der Waals surface area contributed by atoms with Crippen molar-refractivity contribution >= 4 is 11.4 Å². The Balaban J connectivity index is 2.30. The summed E-state index contributed by atoms with van der Waals surface area (Å²) < 4.78 is 0. The van der Waals surface area contributed by atoms with Gasteiger partial charge in [0, 0.05) is 6.07 Å². The summed E-state index contributed by atoms with van der Waals surface area (Å²) in [6, 6.07) is 5.13. The van der Waals surface area contributed by atoms with Crippen molar-refractivity contribution in [2.45, 2.75) is 58.3 Å². The van der Waals surface area contributed by atoms with Crippen molar-refractivity contribution < 1.29 is 4.92 Å². The molecule has 1 rings (SSSR count). The molecule has 0 bridgehead atoms. The van der Waals surface area contributed by atoms with Crippen LogP contribution in [0, 0.1) is 10.1 Å². The van der Waals surface area contributed by atoms with Crippen LogP contribution in [0.3, 0.4) is 0 Å². The monoisotopic (exact) mass is 264 g/mol. The standard InChI is InChI=1S/C15H24N2O2/c1-2-3-4-5-6-7-8-9-13-10-11-14(16)15(12-13)17(18)19/h10-12H,2-9,16H2,1H3.